The van der Waals surface area contributed by atoms with Gasteiger partial charge in [0, 0.05) is 24.9 Å². The summed E-state index contributed by atoms with van der Waals surface area (Å²) in [6.07, 6.45) is 4.59. The topological polar surface area (TPSA) is 66.8 Å². The zero-order valence-electron chi connectivity index (χ0n) is 15.4. The number of nitrogens with one attached hydrogen (secondary N) is 1. The van der Waals surface area contributed by atoms with E-state index < -0.39 is 0 Å². The molecular weight excluding hydrogens is 345 g/mol. The summed E-state index contributed by atoms with van der Waals surface area (Å²) in [6.45, 7) is 5.47. The number of benzene rings is 1. The summed E-state index contributed by atoms with van der Waals surface area (Å²) < 4.78 is 15.2. The van der Waals surface area contributed by atoms with Crippen LogP contribution in [0.15, 0.2) is 42.7 Å². The molecule has 3 aromatic rings. The number of hydrogen-bond donors (Lipinski definition) is 1. The lowest BCUT2D eigenvalue weighted by molar-refractivity contribution is 0.0454. The summed E-state index contributed by atoms with van der Waals surface area (Å²) in [5.41, 5.74) is 2.21. The minimum atomic E-state index is -0.270. The maximum atomic E-state index is 13.1. The van der Waals surface area contributed by atoms with E-state index in [-0.39, 0.29) is 17.8 Å². The maximum Gasteiger partial charge on any atom is 0.274 e. The minimum Gasteiger partial charge on any atom is -0.330 e. The molecule has 140 valence electrons. The highest BCUT2D eigenvalue weighted by atomic mass is 19.1. The Morgan fingerprint density at radius 3 is 2.78 bits per heavy atom. The SMILES string of the molecule is CC(C)c1nccn1Cc1cc(C(=O)N2CC[C@@H]2c2ccc(F)cc2)n[nH]1. The van der Waals surface area contributed by atoms with Crippen molar-refractivity contribution in [1.82, 2.24) is 24.6 Å². The molecule has 0 saturated carbocycles. The monoisotopic (exact) mass is 367 g/mol. The molecule has 1 atom stereocenters. The number of imidazole rings is 1. The molecule has 3 heterocycles. The van der Waals surface area contributed by atoms with Gasteiger partial charge < -0.3 is 9.47 Å². The third-order valence-corrected chi connectivity index (χ3v) is 4.99. The van der Waals surface area contributed by atoms with Gasteiger partial charge in [-0.2, -0.15) is 5.10 Å². The Kier molecular flexibility index (Phi) is 4.51. The molecule has 1 aliphatic heterocycles. The average Bonchev–Trinajstić information content (AvgIpc) is 3.26. The van der Waals surface area contributed by atoms with Crippen molar-refractivity contribution < 1.29 is 9.18 Å². The van der Waals surface area contributed by atoms with E-state index in [2.05, 4.69) is 33.6 Å². The molecule has 1 aliphatic rings. The van der Waals surface area contributed by atoms with Crippen LogP contribution in [0.2, 0.25) is 0 Å². The molecule has 4 rings (SSSR count). The first kappa shape index (κ1) is 17.5. The lowest BCUT2D eigenvalue weighted by Crippen LogP contribution is -2.45. The van der Waals surface area contributed by atoms with Crippen LogP contribution in [0.5, 0.6) is 0 Å². The number of hydrogen-bond acceptors (Lipinski definition) is 3. The van der Waals surface area contributed by atoms with E-state index in [0.29, 0.717) is 24.7 Å². The smallest absolute Gasteiger partial charge is 0.274 e. The number of H-pyrrole nitrogens is 1. The van der Waals surface area contributed by atoms with Gasteiger partial charge in [-0.15, -0.1) is 0 Å². The molecule has 0 radical (unpaired) electrons. The van der Waals surface area contributed by atoms with Crippen molar-refractivity contribution in [3.05, 3.63) is 71.3 Å². The first-order chi connectivity index (χ1) is 13.0. The van der Waals surface area contributed by atoms with E-state index in [9.17, 15) is 9.18 Å². The third kappa shape index (κ3) is 3.37. The van der Waals surface area contributed by atoms with Crippen LogP contribution in [0.4, 0.5) is 4.39 Å². The molecule has 0 aliphatic carbocycles. The predicted molar refractivity (Wildman–Crippen MR) is 98.8 cm³/mol. The van der Waals surface area contributed by atoms with Crippen LogP contribution < -0.4 is 0 Å². The molecule has 1 fully saturated rings. The third-order valence-electron chi connectivity index (χ3n) is 4.99. The first-order valence-electron chi connectivity index (χ1n) is 9.14. The molecule has 6 nitrogen and oxygen atoms in total. The van der Waals surface area contributed by atoms with Gasteiger partial charge >= 0.3 is 0 Å². The largest absolute Gasteiger partial charge is 0.330 e. The highest BCUT2D eigenvalue weighted by molar-refractivity contribution is 5.93. The Bertz CT molecular complexity index is 943. The van der Waals surface area contributed by atoms with E-state index >= 15 is 0 Å². The number of aromatic amines is 1. The van der Waals surface area contributed by atoms with Gasteiger partial charge in [-0.25, -0.2) is 9.37 Å². The Balaban J connectivity index is 1.47. The zero-order chi connectivity index (χ0) is 19.0. The zero-order valence-corrected chi connectivity index (χ0v) is 15.4. The fourth-order valence-corrected chi connectivity index (χ4v) is 3.50. The van der Waals surface area contributed by atoms with Crippen molar-refractivity contribution in [2.24, 2.45) is 0 Å². The molecule has 1 N–H and O–H groups in total. The van der Waals surface area contributed by atoms with Crippen LogP contribution >= 0.6 is 0 Å². The summed E-state index contributed by atoms with van der Waals surface area (Å²) in [5.74, 6) is 0.944. The van der Waals surface area contributed by atoms with Crippen LogP contribution in [0.1, 0.15) is 59.8 Å². The number of likely N-dealkylation sites (tertiary alicyclic amines) is 1. The second-order valence-electron chi connectivity index (χ2n) is 7.20. The van der Waals surface area contributed by atoms with Crippen LogP contribution in [-0.2, 0) is 6.54 Å². The maximum absolute atomic E-state index is 13.1. The fraction of sp³-hybridized carbons (Fsp3) is 0.350. The molecule has 27 heavy (non-hydrogen) atoms. The molecular formula is C20H22FN5O. The van der Waals surface area contributed by atoms with Gasteiger partial charge in [0.15, 0.2) is 0 Å². The highest BCUT2D eigenvalue weighted by Crippen LogP contribution is 2.34. The quantitative estimate of drug-likeness (QED) is 0.750. The normalized spacial score (nSPS) is 16.6. The lowest BCUT2D eigenvalue weighted by Gasteiger charge is -2.41. The molecule has 1 amide bonds. The van der Waals surface area contributed by atoms with Crippen LogP contribution in [-0.4, -0.2) is 37.1 Å². The molecule has 1 saturated heterocycles. The lowest BCUT2D eigenvalue weighted by atomic mass is 9.94. The predicted octanol–water partition coefficient (Wildman–Crippen LogP) is 3.50. The molecule has 0 unspecified atom stereocenters. The van der Waals surface area contributed by atoms with Gasteiger partial charge in [0.05, 0.1) is 18.3 Å². The number of rotatable bonds is 5. The van der Waals surface area contributed by atoms with Crippen molar-refractivity contribution >= 4 is 5.91 Å². The van der Waals surface area contributed by atoms with Crippen molar-refractivity contribution in [2.45, 2.75) is 38.8 Å². The number of carbonyl (C=O) groups excluding carboxylic acids is 1. The summed E-state index contributed by atoms with van der Waals surface area (Å²) in [7, 11) is 0. The number of carbonyl (C=O) groups is 1. The second kappa shape index (κ2) is 6.98. The molecule has 0 bridgehead atoms. The van der Waals surface area contributed by atoms with E-state index in [1.165, 1.54) is 12.1 Å². The number of halogens is 1. The van der Waals surface area contributed by atoms with Crippen LogP contribution in [0.25, 0.3) is 0 Å². The number of amides is 1. The van der Waals surface area contributed by atoms with Crippen molar-refractivity contribution in [3.63, 3.8) is 0 Å². The standard InChI is InChI=1S/C20H22FN5O/c1-13(2)19-22-8-10-25(19)12-16-11-17(24-23-16)20(27)26-9-7-18(26)14-3-5-15(21)6-4-14/h3-6,8,10-11,13,18H,7,9,12H2,1-2H3,(H,23,24)/t18-/m1/s1. The van der Waals surface area contributed by atoms with Crippen LogP contribution in [0.3, 0.4) is 0 Å². The average molecular weight is 367 g/mol. The van der Waals surface area contributed by atoms with Gasteiger partial charge in [-0.3, -0.25) is 9.89 Å². The van der Waals surface area contributed by atoms with Gasteiger partial charge in [-0.1, -0.05) is 26.0 Å². The van der Waals surface area contributed by atoms with E-state index in [4.69, 9.17) is 0 Å². The van der Waals surface area contributed by atoms with E-state index in [0.717, 1.165) is 23.5 Å². The van der Waals surface area contributed by atoms with E-state index in [1.54, 1.807) is 29.3 Å². The van der Waals surface area contributed by atoms with Gasteiger partial charge in [0.1, 0.15) is 17.3 Å². The van der Waals surface area contributed by atoms with Crippen molar-refractivity contribution in [2.75, 3.05) is 6.54 Å². The van der Waals surface area contributed by atoms with Crippen molar-refractivity contribution in [1.29, 1.82) is 0 Å². The summed E-state index contributed by atoms with van der Waals surface area (Å²) in [6, 6.07) is 8.12. The summed E-state index contributed by atoms with van der Waals surface area (Å²) >= 11 is 0. The van der Waals surface area contributed by atoms with E-state index in [1.807, 2.05) is 6.20 Å². The Labute approximate surface area is 157 Å². The molecule has 1 aromatic carbocycles. The Morgan fingerprint density at radius 2 is 2.11 bits per heavy atom. The Morgan fingerprint density at radius 1 is 1.33 bits per heavy atom. The molecule has 0 spiro atoms. The summed E-state index contributed by atoms with van der Waals surface area (Å²) in [4.78, 5) is 19.0. The van der Waals surface area contributed by atoms with Gasteiger partial charge in [0.2, 0.25) is 0 Å². The number of nitrogens with zero attached hydrogens (tertiary/aromatic N) is 4. The second-order valence-corrected chi connectivity index (χ2v) is 7.20. The molecule has 7 heteroatoms. The van der Waals surface area contributed by atoms with Crippen LogP contribution in [0, 0.1) is 5.82 Å². The highest BCUT2D eigenvalue weighted by Gasteiger charge is 2.34. The van der Waals surface area contributed by atoms with Gasteiger partial charge in [-0.05, 0) is 30.2 Å². The summed E-state index contributed by atoms with van der Waals surface area (Å²) in [5, 5.41) is 7.17. The molecule has 2 aromatic heterocycles. The number of aromatic nitrogens is 4. The van der Waals surface area contributed by atoms with Gasteiger partial charge in [0.25, 0.3) is 5.91 Å². The minimum absolute atomic E-state index is 0.0144. The Hall–Kier alpha value is -2.96. The first-order valence-corrected chi connectivity index (χ1v) is 9.14. The fourth-order valence-electron chi connectivity index (χ4n) is 3.50. The van der Waals surface area contributed by atoms with Crippen molar-refractivity contribution in [3.8, 4) is 0 Å².